The maximum atomic E-state index is 12.6. The number of alkyl halides is 3. The summed E-state index contributed by atoms with van der Waals surface area (Å²) in [4.78, 5) is 11.4. The molecule has 5 nitrogen and oxygen atoms in total. The lowest BCUT2D eigenvalue weighted by Gasteiger charge is -2.20. The molecule has 0 spiro atoms. The van der Waals surface area contributed by atoms with Crippen LogP contribution in [0.25, 0.3) is 0 Å². The molecule has 0 bridgehead atoms. The molecule has 1 aliphatic rings. The first-order valence-electron chi connectivity index (χ1n) is 7.61. The lowest BCUT2D eigenvalue weighted by molar-refractivity contribution is -0.120. The van der Waals surface area contributed by atoms with E-state index in [0.29, 0.717) is 12.8 Å². The van der Waals surface area contributed by atoms with Crippen molar-refractivity contribution in [1.82, 2.24) is 0 Å². The normalized spacial score (nSPS) is 21.8. The highest BCUT2D eigenvalue weighted by Crippen LogP contribution is 2.31. The molecule has 2 unspecified atom stereocenters. The number of rotatable bonds is 3. The fourth-order valence-electron chi connectivity index (χ4n) is 2.77. The van der Waals surface area contributed by atoms with Crippen LogP contribution < -0.4 is 11.1 Å². The Hall–Kier alpha value is -1.32. The number of benzene rings is 1. The number of sulfone groups is 1. The average molecular weight is 401 g/mol. The molecule has 0 aliphatic heterocycles. The summed E-state index contributed by atoms with van der Waals surface area (Å²) in [5.74, 6) is -0.832. The van der Waals surface area contributed by atoms with E-state index in [1.807, 2.05) is 0 Å². The van der Waals surface area contributed by atoms with E-state index < -0.39 is 32.1 Å². The van der Waals surface area contributed by atoms with Crippen molar-refractivity contribution in [2.24, 2.45) is 11.7 Å². The number of carbonyl (C=O) groups is 1. The molecule has 2 atom stereocenters. The number of nitrogens with one attached hydrogen (secondary N) is 1. The van der Waals surface area contributed by atoms with Gasteiger partial charge < -0.3 is 11.1 Å². The maximum absolute atomic E-state index is 12.6. The van der Waals surface area contributed by atoms with E-state index in [1.54, 1.807) is 0 Å². The van der Waals surface area contributed by atoms with Crippen molar-refractivity contribution in [3.8, 4) is 0 Å². The van der Waals surface area contributed by atoms with Crippen molar-refractivity contribution in [2.75, 3.05) is 5.32 Å². The van der Waals surface area contributed by atoms with Crippen molar-refractivity contribution in [1.29, 1.82) is 0 Å². The van der Waals surface area contributed by atoms with E-state index in [1.165, 1.54) is 6.07 Å². The molecule has 0 aromatic heterocycles. The summed E-state index contributed by atoms with van der Waals surface area (Å²) >= 11 is 0. The molecule has 25 heavy (non-hydrogen) atoms. The third kappa shape index (κ3) is 5.08. The molecule has 1 fully saturated rings. The summed E-state index contributed by atoms with van der Waals surface area (Å²) in [6.45, 7) is 0. The van der Waals surface area contributed by atoms with Gasteiger partial charge in [0.1, 0.15) is 0 Å². The topological polar surface area (TPSA) is 89.3 Å². The van der Waals surface area contributed by atoms with Crippen LogP contribution in [-0.4, -0.2) is 25.9 Å². The first kappa shape index (κ1) is 21.7. The van der Waals surface area contributed by atoms with Gasteiger partial charge in [-0.25, -0.2) is 8.42 Å². The Morgan fingerprint density at radius 1 is 1.16 bits per heavy atom. The van der Waals surface area contributed by atoms with Crippen LogP contribution in [0, 0.1) is 5.92 Å². The summed E-state index contributed by atoms with van der Waals surface area (Å²) in [6, 6.07) is 3.84. The standard InChI is InChI=1S/C15H19F3N2O3S.ClH/c16-15(17,18)24(22,23)11-6-4-5-10(9-11)20-14(21)12-7-2-1-3-8-13(12)19;/h4-6,9,12-13H,1-3,7-8,19H2,(H,20,21);1H. The number of halogens is 4. The van der Waals surface area contributed by atoms with Crippen LogP contribution in [0.15, 0.2) is 29.2 Å². The summed E-state index contributed by atoms with van der Waals surface area (Å²) < 4.78 is 60.7. The molecular weight excluding hydrogens is 381 g/mol. The highest BCUT2D eigenvalue weighted by molar-refractivity contribution is 7.92. The highest BCUT2D eigenvalue weighted by Gasteiger charge is 2.46. The van der Waals surface area contributed by atoms with E-state index in [0.717, 1.165) is 37.5 Å². The minimum absolute atomic E-state index is 0. The summed E-state index contributed by atoms with van der Waals surface area (Å²) in [6.07, 6.45) is 4.09. The molecule has 2 rings (SSSR count). The van der Waals surface area contributed by atoms with Crippen LogP contribution in [0.2, 0.25) is 0 Å². The summed E-state index contributed by atoms with van der Waals surface area (Å²) in [5.41, 5.74) is 0.596. The van der Waals surface area contributed by atoms with Crippen molar-refractivity contribution in [2.45, 2.75) is 48.5 Å². The van der Waals surface area contributed by atoms with Gasteiger partial charge in [-0.3, -0.25) is 4.79 Å². The van der Waals surface area contributed by atoms with Gasteiger partial charge in [-0.2, -0.15) is 13.2 Å². The van der Waals surface area contributed by atoms with Gasteiger partial charge in [-0.1, -0.05) is 25.3 Å². The molecule has 1 saturated carbocycles. The average Bonchev–Trinajstić information content (AvgIpc) is 2.71. The minimum Gasteiger partial charge on any atom is -0.327 e. The summed E-state index contributed by atoms with van der Waals surface area (Å²) in [5, 5.41) is 2.48. The molecule has 0 saturated heterocycles. The molecule has 10 heteroatoms. The van der Waals surface area contributed by atoms with Crippen molar-refractivity contribution in [3.63, 3.8) is 0 Å². The predicted octanol–water partition coefficient (Wildman–Crippen LogP) is 3.25. The SMILES string of the molecule is Cl.NC1CCCCCC1C(=O)Nc1cccc(S(=O)(=O)C(F)(F)F)c1. The molecule has 0 heterocycles. The monoisotopic (exact) mass is 400 g/mol. The van der Waals surface area contributed by atoms with Crippen LogP contribution >= 0.6 is 12.4 Å². The number of amides is 1. The zero-order chi connectivity index (χ0) is 18.0. The van der Waals surface area contributed by atoms with Gasteiger partial charge in [0.2, 0.25) is 5.91 Å². The Morgan fingerprint density at radius 3 is 2.44 bits per heavy atom. The molecular formula is C15H20ClF3N2O3S. The first-order chi connectivity index (χ1) is 11.1. The number of hydrogen-bond acceptors (Lipinski definition) is 4. The Labute approximate surface area is 150 Å². The fraction of sp³-hybridized carbons (Fsp3) is 0.533. The van der Waals surface area contributed by atoms with E-state index in [4.69, 9.17) is 5.73 Å². The summed E-state index contributed by atoms with van der Waals surface area (Å²) in [7, 11) is -5.45. The molecule has 0 radical (unpaired) electrons. The lowest BCUT2D eigenvalue weighted by Crippen LogP contribution is -2.37. The molecule has 3 N–H and O–H groups in total. The molecule has 142 valence electrons. The zero-order valence-corrected chi connectivity index (χ0v) is 14.9. The van der Waals surface area contributed by atoms with Gasteiger partial charge in [-0.05, 0) is 31.0 Å². The zero-order valence-electron chi connectivity index (χ0n) is 13.3. The van der Waals surface area contributed by atoms with Crippen LogP contribution in [0.3, 0.4) is 0 Å². The van der Waals surface area contributed by atoms with Gasteiger partial charge in [-0.15, -0.1) is 12.4 Å². The Kier molecular flexibility index (Phi) is 7.28. The van der Waals surface area contributed by atoms with Gasteiger partial charge in [0.05, 0.1) is 10.8 Å². The Balaban J connectivity index is 0.00000312. The van der Waals surface area contributed by atoms with Crippen molar-refractivity contribution < 1.29 is 26.4 Å². The van der Waals surface area contributed by atoms with E-state index in [2.05, 4.69) is 5.32 Å². The van der Waals surface area contributed by atoms with Gasteiger partial charge >= 0.3 is 5.51 Å². The van der Waals surface area contributed by atoms with Crippen LogP contribution in [-0.2, 0) is 14.6 Å². The molecule has 1 amide bonds. The minimum atomic E-state index is -5.45. The third-order valence-corrected chi connectivity index (χ3v) is 5.61. The van der Waals surface area contributed by atoms with Crippen LogP contribution in [0.5, 0.6) is 0 Å². The van der Waals surface area contributed by atoms with E-state index in [-0.39, 0.29) is 24.1 Å². The second kappa shape index (κ2) is 8.37. The third-order valence-electron chi connectivity index (χ3n) is 4.12. The highest BCUT2D eigenvalue weighted by atomic mass is 35.5. The molecule has 1 aromatic carbocycles. The van der Waals surface area contributed by atoms with Crippen molar-refractivity contribution >= 4 is 33.8 Å². The quantitative estimate of drug-likeness (QED) is 0.762. The number of hydrogen-bond donors (Lipinski definition) is 2. The van der Waals surface area contributed by atoms with Gasteiger partial charge in [0, 0.05) is 11.7 Å². The number of anilines is 1. The first-order valence-corrected chi connectivity index (χ1v) is 9.09. The number of carbonyl (C=O) groups excluding carboxylic acids is 1. The second-order valence-corrected chi connectivity index (χ2v) is 7.82. The lowest BCUT2D eigenvalue weighted by atomic mass is 9.94. The molecule has 1 aromatic rings. The smallest absolute Gasteiger partial charge is 0.327 e. The second-order valence-electron chi connectivity index (χ2n) is 5.87. The fourth-order valence-corrected chi connectivity index (χ4v) is 3.58. The predicted molar refractivity (Wildman–Crippen MR) is 90.1 cm³/mol. The van der Waals surface area contributed by atoms with Crippen LogP contribution in [0.4, 0.5) is 18.9 Å². The van der Waals surface area contributed by atoms with E-state index in [9.17, 15) is 26.4 Å². The molecule has 1 aliphatic carbocycles. The van der Waals surface area contributed by atoms with Crippen molar-refractivity contribution in [3.05, 3.63) is 24.3 Å². The van der Waals surface area contributed by atoms with Crippen LogP contribution in [0.1, 0.15) is 32.1 Å². The number of nitrogens with two attached hydrogens (primary N) is 1. The van der Waals surface area contributed by atoms with Gasteiger partial charge in [0.15, 0.2) is 0 Å². The Morgan fingerprint density at radius 2 is 1.80 bits per heavy atom. The Bertz CT molecular complexity index is 710. The largest absolute Gasteiger partial charge is 0.501 e. The van der Waals surface area contributed by atoms with E-state index >= 15 is 0 Å². The maximum Gasteiger partial charge on any atom is 0.501 e. The van der Waals surface area contributed by atoms with Gasteiger partial charge in [0.25, 0.3) is 9.84 Å².